The van der Waals surface area contributed by atoms with Gasteiger partial charge in [0.05, 0.1) is 0 Å². The van der Waals surface area contributed by atoms with Gasteiger partial charge < -0.3 is 25.4 Å². The van der Waals surface area contributed by atoms with Crippen LogP contribution in [0.4, 0.5) is 9.59 Å². The first kappa shape index (κ1) is 25.2. The molecule has 7 nitrogen and oxygen atoms in total. The number of piperidine rings is 1. The third-order valence-corrected chi connectivity index (χ3v) is 4.06. The molecule has 0 aromatic heterocycles. The highest BCUT2D eigenvalue weighted by atomic mass is 35.5. The largest absolute Gasteiger partial charge is 0.449 e. The van der Waals surface area contributed by atoms with E-state index < -0.39 is 11.0 Å². The smallest absolute Gasteiger partial charge is 0.407 e. The molecule has 1 heterocycles. The number of carbonyl (C=O) groups is 2. The number of hydrogen-bond acceptors (Lipinski definition) is 6. The summed E-state index contributed by atoms with van der Waals surface area (Å²) in [5.74, 6) is 0. The standard InChI is InChI=1S/C13H27N3O2.C8H7ClO2/c1-13(2,3)18-12(17)16-9-5-8-15-11-6-4-7-14-10-11;9-8(10)11-6-7-4-2-1-3-5-7/h11,14-15H,4-10H2,1-3H3,(H,16,17);1-5H,6H2/t11-;/m0./s1. The number of rotatable bonds is 7. The zero-order valence-corrected chi connectivity index (χ0v) is 18.4. The van der Waals surface area contributed by atoms with E-state index in [2.05, 4.69) is 20.7 Å². The molecule has 0 bridgehead atoms. The molecule has 1 fully saturated rings. The van der Waals surface area contributed by atoms with E-state index in [9.17, 15) is 9.59 Å². The van der Waals surface area contributed by atoms with Crippen LogP contribution in [0.25, 0.3) is 0 Å². The van der Waals surface area contributed by atoms with Gasteiger partial charge in [0.1, 0.15) is 12.2 Å². The van der Waals surface area contributed by atoms with Crippen LogP contribution in [0.1, 0.15) is 45.6 Å². The maximum Gasteiger partial charge on any atom is 0.407 e. The maximum atomic E-state index is 11.4. The Hall–Kier alpha value is -1.83. The molecule has 0 unspecified atom stereocenters. The van der Waals surface area contributed by atoms with Gasteiger partial charge >= 0.3 is 11.5 Å². The van der Waals surface area contributed by atoms with Crippen LogP contribution in [0.3, 0.4) is 0 Å². The molecule has 1 aromatic carbocycles. The van der Waals surface area contributed by atoms with Crippen LogP contribution in [-0.2, 0) is 16.1 Å². The number of carbonyl (C=O) groups excluding carboxylic acids is 2. The van der Waals surface area contributed by atoms with Crippen molar-refractivity contribution < 1.29 is 19.1 Å². The minimum absolute atomic E-state index is 0.239. The molecule has 29 heavy (non-hydrogen) atoms. The van der Waals surface area contributed by atoms with Gasteiger partial charge in [-0.1, -0.05) is 30.3 Å². The molecular formula is C21H34ClN3O4. The van der Waals surface area contributed by atoms with Crippen molar-refractivity contribution in [2.24, 2.45) is 0 Å². The van der Waals surface area contributed by atoms with Gasteiger partial charge in [0.15, 0.2) is 0 Å². The van der Waals surface area contributed by atoms with E-state index >= 15 is 0 Å². The van der Waals surface area contributed by atoms with Gasteiger partial charge in [-0.15, -0.1) is 0 Å². The molecule has 8 heteroatoms. The Labute approximate surface area is 178 Å². The van der Waals surface area contributed by atoms with Crippen molar-refractivity contribution in [3.05, 3.63) is 35.9 Å². The van der Waals surface area contributed by atoms with Gasteiger partial charge in [-0.2, -0.15) is 0 Å². The molecule has 0 saturated carbocycles. The van der Waals surface area contributed by atoms with E-state index in [1.165, 1.54) is 12.8 Å². The van der Waals surface area contributed by atoms with Crippen LogP contribution in [0.2, 0.25) is 0 Å². The van der Waals surface area contributed by atoms with Crippen molar-refractivity contribution in [3.8, 4) is 0 Å². The molecule has 3 N–H and O–H groups in total. The normalized spacial score (nSPS) is 16.2. The number of amides is 1. The highest BCUT2D eigenvalue weighted by molar-refractivity contribution is 6.61. The Bertz CT molecular complexity index is 587. The number of halogens is 1. The summed E-state index contributed by atoms with van der Waals surface area (Å²) >= 11 is 4.97. The summed E-state index contributed by atoms with van der Waals surface area (Å²) in [6, 6.07) is 9.95. The molecule has 1 saturated heterocycles. The molecule has 164 valence electrons. The van der Waals surface area contributed by atoms with E-state index in [0.717, 1.165) is 31.6 Å². The summed E-state index contributed by atoms with van der Waals surface area (Å²) in [5, 5.41) is 9.62. The van der Waals surface area contributed by atoms with Gasteiger partial charge in [-0.3, -0.25) is 0 Å². The predicted octanol–water partition coefficient (Wildman–Crippen LogP) is 3.80. The number of ether oxygens (including phenoxy) is 2. The first-order chi connectivity index (χ1) is 13.8. The lowest BCUT2D eigenvalue weighted by Crippen LogP contribution is -2.43. The van der Waals surface area contributed by atoms with E-state index in [1.54, 1.807) is 0 Å². The Morgan fingerprint density at radius 1 is 1.21 bits per heavy atom. The zero-order valence-electron chi connectivity index (χ0n) is 17.6. The Morgan fingerprint density at radius 3 is 2.52 bits per heavy atom. The second-order valence-corrected chi connectivity index (χ2v) is 8.10. The van der Waals surface area contributed by atoms with Gasteiger partial charge in [0.2, 0.25) is 0 Å². The van der Waals surface area contributed by atoms with Crippen molar-refractivity contribution in [2.75, 3.05) is 26.2 Å². The second kappa shape index (κ2) is 14.2. The lowest BCUT2D eigenvalue weighted by atomic mass is 10.1. The maximum absolute atomic E-state index is 11.4. The van der Waals surface area contributed by atoms with Crippen LogP contribution in [0, 0.1) is 0 Å². The van der Waals surface area contributed by atoms with Crippen molar-refractivity contribution in [1.29, 1.82) is 0 Å². The Kier molecular flexibility index (Phi) is 12.3. The number of alkyl carbamates (subject to hydrolysis) is 1. The molecule has 0 spiro atoms. The number of benzene rings is 1. The van der Waals surface area contributed by atoms with Crippen LogP contribution in [0.15, 0.2) is 30.3 Å². The summed E-state index contributed by atoms with van der Waals surface area (Å²) in [6.07, 6.45) is 3.08. The lowest BCUT2D eigenvalue weighted by Gasteiger charge is -2.24. The molecule has 1 aromatic rings. The minimum atomic E-state index is -0.770. The average Bonchev–Trinajstić information content (AvgIpc) is 2.67. The topological polar surface area (TPSA) is 88.7 Å². The molecule has 0 radical (unpaired) electrons. The Morgan fingerprint density at radius 2 is 1.93 bits per heavy atom. The molecule has 1 aliphatic heterocycles. The highest BCUT2D eigenvalue weighted by Gasteiger charge is 2.15. The lowest BCUT2D eigenvalue weighted by molar-refractivity contribution is 0.0527. The van der Waals surface area contributed by atoms with Crippen LogP contribution >= 0.6 is 11.6 Å². The van der Waals surface area contributed by atoms with E-state index in [-0.39, 0.29) is 12.7 Å². The molecule has 2 rings (SSSR count). The predicted molar refractivity (Wildman–Crippen MR) is 115 cm³/mol. The molecule has 1 amide bonds. The summed E-state index contributed by atoms with van der Waals surface area (Å²) < 4.78 is 9.71. The van der Waals surface area contributed by atoms with E-state index in [4.69, 9.17) is 16.3 Å². The van der Waals surface area contributed by atoms with Crippen molar-refractivity contribution in [1.82, 2.24) is 16.0 Å². The fourth-order valence-corrected chi connectivity index (χ4v) is 2.69. The van der Waals surface area contributed by atoms with E-state index in [1.807, 2.05) is 51.1 Å². The first-order valence-corrected chi connectivity index (χ1v) is 10.4. The zero-order chi connectivity index (χ0) is 21.5. The fourth-order valence-electron chi connectivity index (χ4n) is 2.64. The highest BCUT2D eigenvalue weighted by Crippen LogP contribution is 2.06. The van der Waals surface area contributed by atoms with Crippen LogP contribution < -0.4 is 16.0 Å². The van der Waals surface area contributed by atoms with Crippen molar-refractivity contribution in [3.63, 3.8) is 0 Å². The van der Waals surface area contributed by atoms with Gasteiger partial charge in [0.25, 0.3) is 0 Å². The van der Waals surface area contributed by atoms with Gasteiger partial charge in [-0.05, 0) is 58.7 Å². The number of hydrogen-bond donors (Lipinski definition) is 3. The quantitative estimate of drug-likeness (QED) is 0.453. The third-order valence-electron chi connectivity index (χ3n) is 3.95. The molecule has 1 aliphatic rings. The van der Waals surface area contributed by atoms with E-state index in [0.29, 0.717) is 12.6 Å². The SMILES string of the molecule is CC(C)(C)OC(=O)NCCCN[C@H]1CCCNC1.O=C(Cl)OCc1ccccc1. The summed E-state index contributed by atoms with van der Waals surface area (Å²) in [5.41, 5.74) is -0.258. The fraction of sp³-hybridized carbons (Fsp3) is 0.619. The first-order valence-electron chi connectivity index (χ1n) is 10.0. The third kappa shape index (κ3) is 14.8. The van der Waals surface area contributed by atoms with Crippen molar-refractivity contribution >= 4 is 23.1 Å². The Balaban J connectivity index is 0.000000326. The molecule has 1 atom stereocenters. The monoisotopic (exact) mass is 427 g/mol. The molecule has 0 aliphatic carbocycles. The van der Waals surface area contributed by atoms with Crippen LogP contribution in [-0.4, -0.2) is 49.3 Å². The second-order valence-electron chi connectivity index (χ2n) is 7.79. The summed E-state index contributed by atoms with van der Waals surface area (Å²) in [7, 11) is 0. The number of nitrogens with one attached hydrogen (secondary N) is 3. The summed E-state index contributed by atoms with van der Waals surface area (Å²) in [4.78, 5) is 21.5. The molecular weight excluding hydrogens is 394 g/mol. The minimum Gasteiger partial charge on any atom is -0.449 e. The summed E-state index contributed by atoms with van der Waals surface area (Å²) in [6.45, 7) is 9.61. The van der Waals surface area contributed by atoms with Crippen molar-refractivity contribution in [2.45, 2.75) is 58.3 Å². The van der Waals surface area contributed by atoms with Gasteiger partial charge in [-0.25, -0.2) is 9.59 Å². The van der Waals surface area contributed by atoms with Gasteiger partial charge in [0, 0.05) is 30.7 Å². The average molecular weight is 428 g/mol. The van der Waals surface area contributed by atoms with Crippen LogP contribution in [0.5, 0.6) is 0 Å².